The molecular formula is C11H13ClF2N2OS. The van der Waals surface area contributed by atoms with Crippen molar-refractivity contribution in [2.45, 2.75) is 20.0 Å². The predicted octanol–water partition coefficient (Wildman–Crippen LogP) is 3.64. The number of hydrogen-bond donors (Lipinski definition) is 2. The number of alkyl halides is 2. The summed E-state index contributed by atoms with van der Waals surface area (Å²) in [5.41, 5.74) is 0.607. The summed E-state index contributed by atoms with van der Waals surface area (Å²) in [6, 6.07) is 4.39. The highest BCUT2D eigenvalue weighted by molar-refractivity contribution is 7.80. The van der Waals surface area contributed by atoms with E-state index in [9.17, 15) is 8.78 Å². The standard InChI is InChI=1S/C11H13ClF2N2OS/c1-2-5-15-11(18)16-7-3-4-9(8(12)6-7)17-10(13)14/h3-4,6,10H,2,5H2,1H3,(H2,15,16,18). The number of rotatable bonds is 5. The van der Waals surface area contributed by atoms with Gasteiger partial charge in [-0.2, -0.15) is 8.78 Å². The van der Waals surface area contributed by atoms with E-state index in [0.717, 1.165) is 13.0 Å². The van der Waals surface area contributed by atoms with Crippen LogP contribution in [-0.4, -0.2) is 18.3 Å². The molecule has 1 aromatic carbocycles. The molecule has 1 aromatic rings. The Morgan fingerprint density at radius 3 is 2.78 bits per heavy atom. The molecule has 0 aliphatic carbocycles. The number of thiocarbonyl (C=S) groups is 1. The molecule has 0 unspecified atom stereocenters. The molecule has 0 aliphatic heterocycles. The Balaban J connectivity index is 2.63. The molecule has 18 heavy (non-hydrogen) atoms. The maximum absolute atomic E-state index is 12.0. The molecule has 0 saturated carbocycles. The first kappa shape index (κ1) is 14.9. The summed E-state index contributed by atoms with van der Waals surface area (Å²) < 4.78 is 28.3. The summed E-state index contributed by atoms with van der Waals surface area (Å²) in [6.45, 7) is -0.122. The van der Waals surface area contributed by atoms with E-state index in [1.54, 1.807) is 6.07 Å². The second-order valence-corrected chi connectivity index (χ2v) is 4.22. The van der Waals surface area contributed by atoms with Crippen LogP contribution in [0.2, 0.25) is 5.02 Å². The van der Waals surface area contributed by atoms with Crippen molar-refractivity contribution in [2.24, 2.45) is 0 Å². The Kier molecular flexibility index (Phi) is 6.07. The zero-order valence-corrected chi connectivity index (χ0v) is 11.2. The predicted molar refractivity (Wildman–Crippen MR) is 72.6 cm³/mol. The van der Waals surface area contributed by atoms with Crippen LogP contribution >= 0.6 is 23.8 Å². The summed E-state index contributed by atoms with van der Waals surface area (Å²) in [5, 5.41) is 6.41. The largest absolute Gasteiger partial charge is 0.433 e. The van der Waals surface area contributed by atoms with Crippen molar-refractivity contribution in [3.8, 4) is 5.75 Å². The van der Waals surface area contributed by atoms with Crippen LogP contribution in [0.1, 0.15) is 13.3 Å². The van der Waals surface area contributed by atoms with Crippen LogP contribution in [0.4, 0.5) is 14.5 Å². The zero-order valence-electron chi connectivity index (χ0n) is 9.67. The molecule has 100 valence electrons. The van der Waals surface area contributed by atoms with Crippen LogP contribution < -0.4 is 15.4 Å². The maximum Gasteiger partial charge on any atom is 0.387 e. The minimum atomic E-state index is -2.89. The number of anilines is 1. The third-order valence-electron chi connectivity index (χ3n) is 1.94. The van der Waals surface area contributed by atoms with Crippen molar-refractivity contribution < 1.29 is 13.5 Å². The van der Waals surface area contributed by atoms with Crippen molar-refractivity contribution in [1.29, 1.82) is 0 Å². The van der Waals surface area contributed by atoms with Crippen LogP contribution in [0.3, 0.4) is 0 Å². The maximum atomic E-state index is 12.0. The van der Waals surface area contributed by atoms with E-state index in [0.29, 0.717) is 10.8 Å². The Morgan fingerprint density at radius 1 is 1.50 bits per heavy atom. The van der Waals surface area contributed by atoms with Gasteiger partial charge in [-0.15, -0.1) is 0 Å². The van der Waals surface area contributed by atoms with Gasteiger partial charge in [0.25, 0.3) is 0 Å². The van der Waals surface area contributed by atoms with Crippen molar-refractivity contribution in [3.63, 3.8) is 0 Å². The third kappa shape index (κ3) is 5.01. The van der Waals surface area contributed by atoms with E-state index in [1.165, 1.54) is 12.1 Å². The van der Waals surface area contributed by atoms with E-state index < -0.39 is 6.61 Å². The molecule has 1 rings (SSSR count). The van der Waals surface area contributed by atoms with Gasteiger partial charge in [-0.1, -0.05) is 18.5 Å². The molecule has 3 nitrogen and oxygen atoms in total. The fourth-order valence-corrected chi connectivity index (χ4v) is 1.63. The monoisotopic (exact) mass is 294 g/mol. The van der Waals surface area contributed by atoms with E-state index in [1.807, 2.05) is 6.92 Å². The SMILES string of the molecule is CCCNC(=S)Nc1ccc(OC(F)F)c(Cl)c1. The van der Waals surface area contributed by atoms with Gasteiger partial charge in [0.15, 0.2) is 5.11 Å². The molecule has 0 aromatic heterocycles. The minimum absolute atomic E-state index is 0.0651. The smallest absolute Gasteiger partial charge is 0.387 e. The molecule has 0 heterocycles. The molecule has 2 N–H and O–H groups in total. The lowest BCUT2D eigenvalue weighted by atomic mass is 10.3. The average molecular weight is 295 g/mol. The van der Waals surface area contributed by atoms with Crippen molar-refractivity contribution in [2.75, 3.05) is 11.9 Å². The lowest BCUT2D eigenvalue weighted by Gasteiger charge is -2.11. The summed E-state index contributed by atoms with van der Waals surface area (Å²) in [4.78, 5) is 0. The van der Waals surface area contributed by atoms with E-state index in [4.69, 9.17) is 23.8 Å². The van der Waals surface area contributed by atoms with Crippen LogP contribution in [0.15, 0.2) is 18.2 Å². The third-order valence-corrected chi connectivity index (χ3v) is 2.48. The first-order valence-electron chi connectivity index (χ1n) is 5.32. The highest BCUT2D eigenvalue weighted by Crippen LogP contribution is 2.28. The Morgan fingerprint density at radius 2 is 2.22 bits per heavy atom. The normalized spacial score (nSPS) is 10.3. The van der Waals surface area contributed by atoms with Crippen LogP contribution in [-0.2, 0) is 0 Å². The Hall–Kier alpha value is -1.14. The van der Waals surface area contributed by atoms with Gasteiger partial charge in [0.05, 0.1) is 5.02 Å². The van der Waals surface area contributed by atoms with Gasteiger partial charge in [0.2, 0.25) is 0 Å². The Bertz CT molecular complexity index is 418. The molecular weight excluding hydrogens is 282 g/mol. The summed E-state index contributed by atoms with van der Waals surface area (Å²) >= 11 is 10.8. The highest BCUT2D eigenvalue weighted by atomic mass is 35.5. The molecule has 0 radical (unpaired) electrons. The first-order valence-corrected chi connectivity index (χ1v) is 6.10. The molecule has 7 heteroatoms. The van der Waals surface area contributed by atoms with Crippen molar-refractivity contribution >= 4 is 34.6 Å². The quantitative estimate of drug-likeness (QED) is 0.813. The number of halogens is 3. The number of ether oxygens (including phenoxy) is 1. The number of nitrogens with one attached hydrogen (secondary N) is 2. The molecule has 0 amide bonds. The van der Waals surface area contributed by atoms with Gasteiger partial charge in [-0.25, -0.2) is 0 Å². The van der Waals surface area contributed by atoms with E-state index in [-0.39, 0.29) is 10.8 Å². The lowest BCUT2D eigenvalue weighted by molar-refractivity contribution is -0.0497. The molecule has 0 atom stereocenters. The summed E-state index contributed by atoms with van der Waals surface area (Å²) in [7, 11) is 0. The minimum Gasteiger partial charge on any atom is -0.433 e. The van der Waals surface area contributed by atoms with Crippen LogP contribution in [0, 0.1) is 0 Å². The second kappa shape index (κ2) is 7.33. The van der Waals surface area contributed by atoms with E-state index >= 15 is 0 Å². The zero-order chi connectivity index (χ0) is 13.5. The van der Waals surface area contributed by atoms with E-state index in [2.05, 4.69) is 15.4 Å². The topological polar surface area (TPSA) is 33.3 Å². The molecule has 0 aliphatic rings. The fourth-order valence-electron chi connectivity index (χ4n) is 1.18. The van der Waals surface area contributed by atoms with Gasteiger partial charge in [-0.05, 0) is 36.8 Å². The fraction of sp³-hybridized carbons (Fsp3) is 0.364. The average Bonchev–Trinajstić information content (AvgIpc) is 2.29. The lowest BCUT2D eigenvalue weighted by Crippen LogP contribution is -2.28. The van der Waals surface area contributed by atoms with Crippen molar-refractivity contribution in [3.05, 3.63) is 23.2 Å². The number of hydrogen-bond acceptors (Lipinski definition) is 2. The molecule has 0 spiro atoms. The van der Waals surface area contributed by atoms with Gasteiger partial charge < -0.3 is 15.4 Å². The highest BCUT2D eigenvalue weighted by Gasteiger charge is 2.09. The Labute approximate surface area is 114 Å². The number of benzene rings is 1. The second-order valence-electron chi connectivity index (χ2n) is 3.40. The summed E-state index contributed by atoms with van der Waals surface area (Å²) in [6.07, 6.45) is 0.948. The van der Waals surface area contributed by atoms with Gasteiger partial charge >= 0.3 is 6.61 Å². The van der Waals surface area contributed by atoms with Crippen LogP contribution in [0.25, 0.3) is 0 Å². The molecule has 0 fully saturated rings. The van der Waals surface area contributed by atoms with Crippen LogP contribution in [0.5, 0.6) is 5.75 Å². The van der Waals surface area contributed by atoms with Gasteiger partial charge in [-0.3, -0.25) is 0 Å². The van der Waals surface area contributed by atoms with Gasteiger partial charge in [0, 0.05) is 12.2 Å². The van der Waals surface area contributed by atoms with Gasteiger partial charge in [0.1, 0.15) is 5.75 Å². The first-order chi connectivity index (χ1) is 8.52. The molecule has 0 saturated heterocycles. The van der Waals surface area contributed by atoms with Crippen molar-refractivity contribution in [1.82, 2.24) is 5.32 Å². The summed E-state index contributed by atoms with van der Waals surface area (Å²) in [5.74, 6) is -0.0651. The molecule has 0 bridgehead atoms.